The Balaban J connectivity index is 1.97. The van der Waals surface area contributed by atoms with Crippen LogP contribution in [0.4, 0.5) is 0 Å². The lowest BCUT2D eigenvalue weighted by Crippen LogP contribution is -2.40. The van der Waals surface area contributed by atoms with Gasteiger partial charge in [-0.05, 0) is 69.5 Å². The van der Waals surface area contributed by atoms with Gasteiger partial charge < -0.3 is 14.8 Å². The molecule has 0 unspecified atom stereocenters. The number of carbonyl (C=O) groups is 1. The van der Waals surface area contributed by atoms with Crippen molar-refractivity contribution in [3.05, 3.63) is 58.6 Å². The first-order valence-corrected chi connectivity index (χ1v) is 9.69. The number of hydrogen-bond donors (Lipinski definition) is 1. The Morgan fingerprint density at radius 1 is 1.00 bits per heavy atom. The molecule has 4 nitrogen and oxygen atoms in total. The van der Waals surface area contributed by atoms with Crippen LogP contribution in [0, 0.1) is 0 Å². The maximum Gasteiger partial charge on any atom is 0.230 e. The van der Waals surface area contributed by atoms with E-state index < -0.39 is 5.41 Å². The normalized spacial score (nSPS) is 11.1. The number of halogens is 1. The highest BCUT2D eigenvalue weighted by atomic mass is 35.5. The summed E-state index contributed by atoms with van der Waals surface area (Å²) in [5, 5.41) is 3.69. The van der Waals surface area contributed by atoms with E-state index in [-0.39, 0.29) is 5.91 Å². The molecule has 1 amide bonds. The fourth-order valence-electron chi connectivity index (χ4n) is 2.79. The number of amides is 1. The average Bonchev–Trinajstić information content (AvgIpc) is 2.64. The van der Waals surface area contributed by atoms with Gasteiger partial charge in [-0.3, -0.25) is 4.79 Å². The summed E-state index contributed by atoms with van der Waals surface area (Å²) in [7, 11) is 0. The summed E-state index contributed by atoms with van der Waals surface area (Å²) in [6.45, 7) is 9.44. The van der Waals surface area contributed by atoms with Crippen LogP contribution >= 0.6 is 11.6 Å². The van der Waals surface area contributed by atoms with Crippen LogP contribution in [0.5, 0.6) is 11.5 Å². The van der Waals surface area contributed by atoms with Gasteiger partial charge in [0.05, 0.1) is 18.6 Å². The summed E-state index contributed by atoms with van der Waals surface area (Å²) in [5.41, 5.74) is 1.40. The summed E-state index contributed by atoms with van der Waals surface area (Å²) < 4.78 is 11.2. The fourth-order valence-corrected chi connectivity index (χ4v) is 2.92. The lowest BCUT2D eigenvalue weighted by atomic mass is 9.83. The van der Waals surface area contributed by atoms with Gasteiger partial charge in [0, 0.05) is 11.6 Å². The highest BCUT2D eigenvalue weighted by Gasteiger charge is 2.29. The lowest BCUT2D eigenvalue weighted by Gasteiger charge is -2.24. The number of carbonyl (C=O) groups excluding carboxylic acids is 1. The molecule has 2 aromatic carbocycles. The molecule has 0 bridgehead atoms. The number of nitrogens with one attached hydrogen (secondary N) is 1. The molecule has 2 rings (SSSR count). The summed E-state index contributed by atoms with van der Waals surface area (Å²) in [6.07, 6.45) is 0.717. The van der Waals surface area contributed by atoms with E-state index in [9.17, 15) is 4.79 Å². The Kier molecular flexibility index (Phi) is 7.55. The maximum absolute atomic E-state index is 12.7. The molecule has 0 aliphatic heterocycles. The number of benzene rings is 2. The minimum Gasteiger partial charge on any atom is -0.490 e. The van der Waals surface area contributed by atoms with Crippen LogP contribution in [0.25, 0.3) is 0 Å². The van der Waals surface area contributed by atoms with E-state index in [1.165, 1.54) is 0 Å². The molecule has 1 N–H and O–H groups in total. The molecule has 0 saturated carbocycles. The van der Waals surface area contributed by atoms with Crippen LogP contribution in [-0.2, 0) is 16.6 Å². The number of hydrogen-bond acceptors (Lipinski definition) is 3. The summed E-state index contributed by atoms with van der Waals surface area (Å²) >= 11 is 5.94. The first-order chi connectivity index (χ1) is 12.9. The zero-order valence-corrected chi connectivity index (χ0v) is 17.2. The van der Waals surface area contributed by atoms with Gasteiger partial charge in [0.25, 0.3) is 0 Å². The van der Waals surface area contributed by atoms with E-state index in [1.54, 1.807) is 12.1 Å². The smallest absolute Gasteiger partial charge is 0.230 e. The van der Waals surface area contributed by atoms with Crippen LogP contribution in [0.2, 0.25) is 5.02 Å². The van der Waals surface area contributed by atoms with Crippen LogP contribution in [-0.4, -0.2) is 25.7 Å². The second-order valence-corrected chi connectivity index (χ2v) is 7.22. The third kappa shape index (κ3) is 5.64. The Morgan fingerprint density at radius 2 is 1.63 bits per heavy atom. The van der Waals surface area contributed by atoms with Crippen molar-refractivity contribution < 1.29 is 14.3 Å². The maximum atomic E-state index is 12.7. The molecular formula is C22H28ClNO3. The zero-order valence-electron chi connectivity index (χ0n) is 16.5. The van der Waals surface area contributed by atoms with Gasteiger partial charge in [-0.25, -0.2) is 0 Å². The predicted octanol–water partition coefficient (Wildman–Crippen LogP) is 4.77. The van der Waals surface area contributed by atoms with Crippen LogP contribution in [0.15, 0.2) is 42.5 Å². The van der Waals surface area contributed by atoms with E-state index in [1.807, 2.05) is 58.0 Å². The highest BCUT2D eigenvalue weighted by molar-refractivity contribution is 6.30. The minimum absolute atomic E-state index is 0.0132. The van der Waals surface area contributed by atoms with Crippen molar-refractivity contribution in [2.24, 2.45) is 0 Å². The zero-order chi connectivity index (χ0) is 19.9. The van der Waals surface area contributed by atoms with Gasteiger partial charge in [-0.15, -0.1) is 0 Å². The molecule has 2 aromatic rings. The van der Waals surface area contributed by atoms with Crippen LogP contribution < -0.4 is 14.8 Å². The Bertz CT molecular complexity index is 757. The van der Waals surface area contributed by atoms with E-state index in [0.717, 1.165) is 29.0 Å². The molecule has 0 aromatic heterocycles. The summed E-state index contributed by atoms with van der Waals surface area (Å²) in [4.78, 5) is 12.7. The second-order valence-electron chi connectivity index (χ2n) is 6.78. The van der Waals surface area contributed by atoms with Crippen molar-refractivity contribution in [1.82, 2.24) is 5.32 Å². The molecule has 5 heteroatoms. The molecule has 27 heavy (non-hydrogen) atoms. The SMILES string of the molecule is CCOc1ccc(CCNC(=O)C(C)(C)c2ccc(Cl)cc2)cc1OCC. The summed E-state index contributed by atoms with van der Waals surface area (Å²) in [6, 6.07) is 13.3. The molecule has 0 atom stereocenters. The molecule has 0 aliphatic rings. The molecule has 0 radical (unpaired) electrons. The highest BCUT2D eigenvalue weighted by Crippen LogP contribution is 2.29. The van der Waals surface area contributed by atoms with Crippen molar-refractivity contribution in [2.75, 3.05) is 19.8 Å². The topological polar surface area (TPSA) is 47.6 Å². The Hall–Kier alpha value is -2.20. The lowest BCUT2D eigenvalue weighted by molar-refractivity contribution is -0.125. The molecule has 146 valence electrons. The van der Waals surface area contributed by atoms with Gasteiger partial charge in [0.1, 0.15) is 0 Å². The van der Waals surface area contributed by atoms with Crippen molar-refractivity contribution in [1.29, 1.82) is 0 Å². The summed E-state index contributed by atoms with van der Waals surface area (Å²) in [5.74, 6) is 1.47. The van der Waals surface area contributed by atoms with E-state index in [2.05, 4.69) is 5.32 Å². The first kappa shape index (κ1) is 21.1. The quantitative estimate of drug-likeness (QED) is 0.671. The van der Waals surface area contributed by atoms with Crippen LogP contribution in [0.3, 0.4) is 0 Å². The van der Waals surface area contributed by atoms with Crippen LogP contribution in [0.1, 0.15) is 38.8 Å². The molecule has 0 heterocycles. The van der Waals surface area contributed by atoms with Crippen molar-refractivity contribution in [3.63, 3.8) is 0 Å². The monoisotopic (exact) mass is 389 g/mol. The van der Waals surface area contributed by atoms with Crippen molar-refractivity contribution in [2.45, 2.75) is 39.5 Å². The first-order valence-electron chi connectivity index (χ1n) is 9.31. The molecule has 0 saturated heterocycles. The van der Waals surface area contributed by atoms with Gasteiger partial charge in [0.2, 0.25) is 5.91 Å². The van der Waals surface area contributed by atoms with E-state index in [4.69, 9.17) is 21.1 Å². The van der Waals surface area contributed by atoms with E-state index in [0.29, 0.717) is 24.8 Å². The van der Waals surface area contributed by atoms with Gasteiger partial charge in [-0.2, -0.15) is 0 Å². The third-order valence-corrected chi connectivity index (χ3v) is 4.69. The Morgan fingerprint density at radius 3 is 2.26 bits per heavy atom. The second kappa shape index (κ2) is 9.65. The fraction of sp³-hybridized carbons (Fsp3) is 0.409. The number of rotatable bonds is 9. The largest absolute Gasteiger partial charge is 0.490 e. The van der Waals surface area contributed by atoms with Gasteiger partial charge in [-0.1, -0.05) is 29.8 Å². The van der Waals surface area contributed by atoms with E-state index >= 15 is 0 Å². The Labute approximate surface area is 166 Å². The number of ether oxygens (including phenoxy) is 2. The van der Waals surface area contributed by atoms with Crippen molar-refractivity contribution >= 4 is 17.5 Å². The van der Waals surface area contributed by atoms with Gasteiger partial charge >= 0.3 is 0 Å². The van der Waals surface area contributed by atoms with Crippen molar-refractivity contribution in [3.8, 4) is 11.5 Å². The molecule has 0 fully saturated rings. The third-order valence-electron chi connectivity index (χ3n) is 4.44. The standard InChI is InChI=1S/C22H28ClNO3/c1-5-26-19-12-7-16(15-20(19)27-6-2)13-14-24-21(25)22(3,4)17-8-10-18(23)11-9-17/h7-12,15H,5-6,13-14H2,1-4H3,(H,24,25). The minimum atomic E-state index is -0.625. The van der Waals surface area contributed by atoms with Gasteiger partial charge in [0.15, 0.2) is 11.5 Å². The molecular weight excluding hydrogens is 362 g/mol. The molecule has 0 aliphatic carbocycles. The predicted molar refractivity (Wildman–Crippen MR) is 110 cm³/mol. The molecule has 0 spiro atoms. The average molecular weight is 390 g/mol.